The number of rotatable bonds is 2. The van der Waals surface area contributed by atoms with E-state index in [2.05, 4.69) is 20.9 Å². The van der Waals surface area contributed by atoms with Crippen LogP contribution in [0.25, 0.3) is 0 Å². The molecule has 1 aromatic rings. The maximum absolute atomic E-state index is 11.1. The van der Waals surface area contributed by atoms with Gasteiger partial charge in [0.15, 0.2) is 0 Å². The first kappa shape index (κ1) is 10.7. The number of hydrogen-bond donors (Lipinski definition) is 1. The standard InChI is InChI=1S/C10H13BrN2O2/c1-2-7-8(11)13-5-3-4-6(10(14)15)9(13)12-7/h6H,2-5H2,1H3,(H,14,15). The highest BCUT2D eigenvalue weighted by Crippen LogP contribution is 2.31. The molecule has 0 aromatic carbocycles. The molecule has 0 amide bonds. The number of fused-ring (bicyclic) bond motifs is 1. The predicted molar refractivity (Wildman–Crippen MR) is 58.9 cm³/mol. The zero-order valence-corrected chi connectivity index (χ0v) is 10.1. The van der Waals surface area contributed by atoms with Gasteiger partial charge in [-0.15, -0.1) is 0 Å². The number of halogens is 1. The van der Waals surface area contributed by atoms with Crippen LogP contribution in [0.3, 0.4) is 0 Å². The van der Waals surface area contributed by atoms with E-state index in [0.29, 0.717) is 12.2 Å². The van der Waals surface area contributed by atoms with Gasteiger partial charge in [0, 0.05) is 6.54 Å². The first-order chi connectivity index (χ1) is 7.15. The largest absolute Gasteiger partial charge is 0.481 e. The van der Waals surface area contributed by atoms with E-state index >= 15 is 0 Å². The topological polar surface area (TPSA) is 55.1 Å². The van der Waals surface area contributed by atoms with Crippen molar-refractivity contribution in [3.63, 3.8) is 0 Å². The molecule has 0 fully saturated rings. The third kappa shape index (κ3) is 1.69. The van der Waals surface area contributed by atoms with Gasteiger partial charge >= 0.3 is 5.97 Å². The third-order valence-corrected chi connectivity index (χ3v) is 3.71. The van der Waals surface area contributed by atoms with Crippen LogP contribution in [0.15, 0.2) is 4.60 Å². The van der Waals surface area contributed by atoms with Crippen LogP contribution in [0.2, 0.25) is 0 Å². The lowest BCUT2D eigenvalue weighted by Gasteiger charge is -2.20. The molecule has 15 heavy (non-hydrogen) atoms. The second-order valence-electron chi connectivity index (χ2n) is 3.75. The lowest BCUT2D eigenvalue weighted by molar-refractivity contribution is -0.139. The average Bonchev–Trinajstić information content (AvgIpc) is 2.55. The molecule has 0 radical (unpaired) electrons. The molecule has 2 rings (SSSR count). The lowest BCUT2D eigenvalue weighted by atomic mass is 9.99. The maximum Gasteiger partial charge on any atom is 0.314 e. The molecular weight excluding hydrogens is 260 g/mol. The second-order valence-corrected chi connectivity index (χ2v) is 4.50. The molecule has 1 aliphatic rings. The Labute approximate surface area is 96.4 Å². The second kappa shape index (κ2) is 3.96. The van der Waals surface area contributed by atoms with Crippen LogP contribution < -0.4 is 0 Å². The van der Waals surface area contributed by atoms with Crippen molar-refractivity contribution in [2.75, 3.05) is 0 Å². The number of aryl methyl sites for hydroxylation is 1. The summed E-state index contributed by atoms with van der Waals surface area (Å²) in [6.45, 7) is 2.89. The quantitative estimate of drug-likeness (QED) is 0.898. The van der Waals surface area contributed by atoms with E-state index in [1.54, 1.807) is 0 Å². The smallest absolute Gasteiger partial charge is 0.314 e. The Kier molecular flexibility index (Phi) is 2.82. The normalized spacial score (nSPS) is 20.0. The molecule has 1 unspecified atom stereocenters. The van der Waals surface area contributed by atoms with E-state index in [4.69, 9.17) is 5.11 Å². The van der Waals surface area contributed by atoms with E-state index < -0.39 is 11.9 Å². The van der Waals surface area contributed by atoms with Crippen LogP contribution in [0.5, 0.6) is 0 Å². The highest BCUT2D eigenvalue weighted by atomic mass is 79.9. The minimum atomic E-state index is -0.767. The highest BCUT2D eigenvalue weighted by molar-refractivity contribution is 9.10. The first-order valence-corrected chi connectivity index (χ1v) is 5.92. The molecule has 1 aliphatic heterocycles. The Morgan fingerprint density at radius 3 is 3.07 bits per heavy atom. The summed E-state index contributed by atoms with van der Waals surface area (Å²) in [5.41, 5.74) is 0.957. The minimum absolute atomic E-state index is 0.435. The fraction of sp³-hybridized carbons (Fsp3) is 0.600. The van der Waals surface area contributed by atoms with Crippen molar-refractivity contribution in [2.45, 2.75) is 38.6 Å². The molecule has 0 bridgehead atoms. The summed E-state index contributed by atoms with van der Waals surface area (Å²) in [5, 5.41) is 9.09. The van der Waals surface area contributed by atoms with Crippen molar-refractivity contribution in [3.05, 3.63) is 16.1 Å². The van der Waals surface area contributed by atoms with Crippen LogP contribution >= 0.6 is 15.9 Å². The monoisotopic (exact) mass is 272 g/mol. The fourth-order valence-corrected chi connectivity index (χ4v) is 2.75. The molecule has 0 spiro atoms. The molecule has 1 aromatic heterocycles. The fourth-order valence-electron chi connectivity index (χ4n) is 2.02. The van der Waals surface area contributed by atoms with Crippen LogP contribution in [-0.2, 0) is 17.8 Å². The molecule has 82 valence electrons. The number of nitrogens with zero attached hydrogens (tertiary/aromatic N) is 2. The molecule has 0 saturated carbocycles. The summed E-state index contributed by atoms with van der Waals surface area (Å²) in [7, 11) is 0. The number of carboxylic acid groups (broad SMARTS) is 1. The Morgan fingerprint density at radius 2 is 2.47 bits per heavy atom. The molecule has 0 saturated heterocycles. The Morgan fingerprint density at radius 1 is 1.73 bits per heavy atom. The van der Waals surface area contributed by atoms with Crippen molar-refractivity contribution in [1.82, 2.24) is 9.55 Å². The Bertz CT molecular complexity index is 400. The molecular formula is C10H13BrN2O2. The molecule has 2 heterocycles. The summed E-state index contributed by atoms with van der Waals surface area (Å²) in [5.74, 6) is -0.496. The van der Waals surface area contributed by atoms with E-state index in [-0.39, 0.29) is 0 Å². The minimum Gasteiger partial charge on any atom is -0.481 e. The zero-order chi connectivity index (χ0) is 11.0. The van der Waals surface area contributed by atoms with Gasteiger partial charge in [0.05, 0.1) is 5.69 Å². The van der Waals surface area contributed by atoms with E-state index in [9.17, 15) is 4.79 Å². The number of aromatic nitrogens is 2. The van der Waals surface area contributed by atoms with Gasteiger partial charge in [-0.3, -0.25) is 4.79 Å². The summed E-state index contributed by atoms with van der Waals surface area (Å²) in [6, 6.07) is 0. The van der Waals surface area contributed by atoms with Gasteiger partial charge < -0.3 is 9.67 Å². The number of carboxylic acids is 1. The van der Waals surface area contributed by atoms with Gasteiger partial charge in [-0.25, -0.2) is 4.98 Å². The third-order valence-electron chi connectivity index (χ3n) is 2.82. The summed E-state index contributed by atoms with van der Waals surface area (Å²) >= 11 is 3.48. The van der Waals surface area contributed by atoms with Gasteiger partial charge in [0.2, 0.25) is 0 Å². The number of aliphatic carboxylic acids is 1. The summed E-state index contributed by atoms with van der Waals surface area (Å²) in [6.07, 6.45) is 2.43. The van der Waals surface area contributed by atoms with E-state index in [1.165, 1.54) is 0 Å². The molecule has 4 nitrogen and oxygen atoms in total. The van der Waals surface area contributed by atoms with Crippen molar-refractivity contribution in [3.8, 4) is 0 Å². The van der Waals surface area contributed by atoms with Crippen molar-refractivity contribution in [2.24, 2.45) is 0 Å². The molecule has 1 atom stereocenters. The van der Waals surface area contributed by atoms with Crippen LogP contribution in [0.4, 0.5) is 0 Å². The van der Waals surface area contributed by atoms with Gasteiger partial charge in [-0.05, 0) is 35.2 Å². The van der Waals surface area contributed by atoms with Gasteiger partial charge in [-0.2, -0.15) is 0 Å². The molecule has 5 heteroatoms. The summed E-state index contributed by atoms with van der Waals surface area (Å²) in [4.78, 5) is 15.5. The number of imidazole rings is 1. The SMILES string of the molecule is CCc1nc2n(c1Br)CCCC2C(=O)O. The van der Waals surface area contributed by atoms with Crippen LogP contribution in [-0.4, -0.2) is 20.6 Å². The Balaban J connectivity index is 2.48. The first-order valence-electron chi connectivity index (χ1n) is 5.12. The Hall–Kier alpha value is -0.840. The van der Waals surface area contributed by atoms with Gasteiger partial charge in [-0.1, -0.05) is 6.92 Å². The zero-order valence-electron chi connectivity index (χ0n) is 8.53. The van der Waals surface area contributed by atoms with Gasteiger partial charge in [0.25, 0.3) is 0 Å². The van der Waals surface area contributed by atoms with E-state index in [1.807, 2.05) is 11.5 Å². The number of carbonyl (C=O) groups is 1. The molecule has 0 aliphatic carbocycles. The summed E-state index contributed by atoms with van der Waals surface area (Å²) < 4.78 is 2.94. The lowest BCUT2D eigenvalue weighted by Crippen LogP contribution is -2.22. The maximum atomic E-state index is 11.1. The van der Waals surface area contributed by atoms with E-state index in [0.717, 1.165) is 29.7 Å². The van der Waals surface area contributed by atoms with Crippen LogP contribution in [0.1, 0.15) is 37.2 Å². The van der Waals surface area contributed by atoms with Crippen molar-refractivity contribution < 1.29 is 9.90 Å². The van der Waals surface area contributed by atoms with Crippen molar-refractivity contribution in [1.29, 1.82) is 0 Å². The predicted octanol–water partition coefficient (Wildman–Crippen LogP) is 2.17. The van der Waals surface area contributed by atoms with Gasteiger partial charge in [0.1, 0.15) is 16.3 Å². The van der Waals surface area contributed by atoms with Crippen molar-refractivity contribution >= 4 is 21.9 Å². The average molecular weight is 273 g/mol. The highest BCUT2D eigenvalue weighted by Gasteiger charge is 2.30. The molecule has 1 N–H and O–H groups in total. The van der Waals surface area contributed by atoms with Crippen LogP contribution in [0, 0.1) is 0 Å². The number of hydrogen-bond acceptors (Lipinski definition) is 2.